The van der Waals surface area contributed by atoms with Crippen LogP contribution in [0.25, 0.3) is 0 Å². The first-order valence-corrected chi connectivity index (χ1v) is 9.78. The number of carbonyl (C=O) groups excluding carboxylic acids is 1. The Bertz CT molecular complexity index is 481. The molecule has 0 unspecified atom stereocenters. The largest absolute Gasteiger partial charge is 0.461 e. The molecule has 0 aromatic heterocycles. The highest BCUT2D eigenvalue weighted by molar-refractivity contribution is 9.08. The van der Waals surface area contributed by atoms with Crippen molar-refractivity contribution in [3.05, 3.63) is 35.4 Å². The van der Waals surface area contributed by atoms with Gasteiger partial charge in [-0.15, -0.1) is 0 Å². The van der Waals surface area contributed by atoms with E-state index in [-0.39, 0.29) is 18.1 Å². The Kier molecular flexibility index (Phi) is 7.57. The quantitative estimate of drug-likeness (QED) is 0.529. The molecular formula is C19H28BrNO2. The topological polar surface area (TPSA) is 38.3 Å². The molecule has 4 heteroatoms. The van der Waals surface area contributed by atoms with Crippen LogP contribution < -0.4 is 5.32 Å². The number of esters is 1. The number of alkyl halides is 1. The highest BCUT2D eigenvalue weighted by Crippen LogP contribution is 2.22. The van der Waals surface area contributed by atoms with Crippen LogP contribution in [0.4, 0.5) is 0 Å². The van der Waals surface area contributed by atoms with Crippen LogP contribution in [0, 0.1) is 5.92 Å². The molecule has 1 atom stereocenters. The van der Waals surface area contributed by atoms with Crippen LogP contribution in [0.5, 0.6) is 0 Å². The van der Waals surface area contributed by atoms with Gasteiger partial charge in [0.2, 0.25) is 0 Å². The summed E-state index contributed by atoms with van der Waals surface area (Å²) in [6, 6.07) is 8.23. The molecule has 128 valence electrons. The van der Waals surface area contributed by atoms with Gasteiger partial charge in [0.15, 0.2) is 0 Å². The van der Waals surface area contributed by atoms with Crippen molar-refractivity contribution < 1.29 is 9.53 Å². The van der Waals surface area contributed by atoms with Crippen LogP contribution in [0.3, 0.4) is 0 Å². The lowest BCUT2D eigenvalue weighted by molar-refractivity contribution is -0.151. The molecule has 1 N–H and O–H groups in total. The first kappa shape index (κ1) is 18.5. The molecule has 1 fully saturated rings. The second-order valence-corrected chi connectivity index (χ2v) is 7.42. The van der Waals surface area contributed by atoms with Crippen LogP contribution >= 0.6 is 15.9 Å². The van der Waals surface area contributed by atoms with Crippen LogP contribution in [-0.2, 0) is 21.4 Å². The lowest BCUT2D eigenvalue weighted by Crippen LogP contribution is -2.40. The number of nitrogens with one attached hydrogen (secondary N) is 1. The van der Waals surface area contributed by atoms with E-state index in [0.717, 1.165) is 24.6 Å². The summed E-state index contributed by atoms with van der Waals surface area (Å²) in [5.74, 6) is 0.377. The average Bonchev–Trinajstić information content (AvgIpc) is 3.04. The number of benzene rings is 1. The van der Waals surface area contributed by atoms with Crippen molar-refractivity contribution in [2.45, 2.75) is 70.0 Å². The number of carbonyl (C=O) groups is 1. The number of hydrogen-bond donors (Lipinski definition) is 1. The zero-order chi connectivity index (χ0) is 16.7. The minimum absolute atomic E-state index is 0.0809. The first-order valence-electron chi connectivity index (χ1n) is 8.66. The zero-order valence-electron chi connectivity index (χ0n) is 14.2. The third kappa shape index (κ3) is 6.27. The van der Waals surface area contributed by atoms with Crippen molar-refractivity contribution in [3.63, 3.8) is 0 Å². The maximum atomic E-state index is 12.5. The Morgan fingerprint density at radius 1 is 1.22 bits per heavy atom. The van der Waals surface area contributed by atoms with Gasteiger partial charge in [-0.3, -0.25) is 4.79 Å². The van der Waals surface area contributed by atoms with Crippen molar-refractivity contribution in [3.8, 4) is 0 Å². The molecule has 1 saturated carbocycles. The van der Waals surface area contributed by atoms with Crippen molar-refractivity contribution in [1.29, 1.82) is 0 Å². The van der Waals surface area contributed by atoms with Crippen molar-refractivity contribution in [2.75, 3.05) is 0 Å². The van der Waals surface area contributed by atoms with Crippen LogP contribution in [0.1, 0.15) is 57.1 Å². The third-order valence-corrected chi connectivity index (χ3v) is 4.95. The predicted octanol–water partition coefficient (Wildman–Crippen LogP) is 4.57. The fourth-order valence-electron chi connectivity index (χ4n) is 2.97. The fourth-order valence-corrected chi connectivity index (χ4v) is 3.35. The van der Waals surface area contributed by atoms with E-state index in [9.17, 15) is 4.79 Å². The number of hydrogen-bond acceptors (Lipinski definition) is 3. The van der Waals surface area contributed by atoms with E-state index in [2.05, 4.69) is 59.4 Å². The monoisotopic (exact) mass is 381 g/mol. The summed E-state index contributed by atoms with van der Waals surface area (Å²) in [6.45, 7) is 4.98. The molecule has 1 aliphatic rings. The summed E-state index contributed by atoms with van der Waals surface area (Å²) in [6.07, 6.45) is 5.35. The molecule has 1 aromatic rings. The van der Waals surface area contributed by atoms with Gasteiger partial charge in [0.25, 0.3) is 0 Å². The average molecular weight is 382 g/mol. The van der Waals surface area contributed by atoms with E-state index in [0.29, 0.717) is 12.5 Å². The second-order valence-electron chi connectivity index (χ2n) is 6.86. The van der Waals surface area contributed by atoms with Gasteiger partial charge in [0.1, 0.15) is 12.1 Å². The molecule has 0 aliphatic heterocycles. The summed E-state index contributed by atoms with van der Waals surface area (Å²) in [5, 5.41) is 4.26. The van der Waals surface area contributed by atoms with Crippen LogP contribution in [0.15, 0.2) is 24.3 Å². The van der Waals surface area contributed by atoms with Gasteiger partial charge in [0, 0.05) is 11.9 Å². The van der Waals surface area contributed by atoms with E-state index in [1.54, 1.807) is 0 Å². The number of rotatable bonds is 8. The maximum absolute atomic E-state index is 12.5. The van der Waals surface area contributed by atoms with Gasteiger partial charge < -0.3 is 10.1 Å². The Balaban J connectivity index is 1.89. The van der Waals surface area contributed by atoms with Crippen molar-refractivity contribution >= 4 is 21.9 Å². The van der Waals surface area contributed by atoms with E-state index >= 15 is 0 Å². The first-order chi connectivity index (χ1) is 11.1. The lowest BCUT2D eigenvalue weighted by atomic mass is 10.0. The highest BCUT2D eigenvalue weighted by Gasteiger charge is 2.25. The van der Waals surface area contributed by atoms with E-state index < -0.39 is 0 Å². The Hall–Kier alpha value is -0.870. The SMILES string of the molecule is CC(C)C[C@H](NCc1ccc(CBr)cc1)C(=O)OC1CCCC1. The van der Waals surface area contributed by atoms with Crippen LogP contribution in [-0.4, -0.2) is 18.1 Å². The fraction of sp³-hybridized carbons (Fsp3) is 0.632. The van der Waals surface area contributed by atoms with E-state index in [1.807, 2.05) is 0 Å². The van der Waals surface area contributed by atoms with Crippen molar-refractivity contribution in [1.82, 2.24) is 5.32 Å². The second kappa shape index (κ2) is 9.43. The number of ether oxygens (including phenoxy) is 1. The van der Waals surface area contributed by atoms with Gasteiger partial charge in [0.05, 0.1) is 0 Å². The number of halogens is 1. The molecular weight excluding hydrogens is 354 g/mol. The van der Waals surface area contributed by atoms with Gasteiger partial charge in [-0.1, -0.05) is 54.0 Å². The summed E-state index contributed by atoms with van der Waals surface area (Å²) in [7, 11) is 0. The minimum atomic E-state index is -0.216. The Morgan fingerprint density at radius 2 is 1.83 bits per heavy atom. The molecule has 0 spiro atoms. The molecule has 1 aliphatic carbocycles. The van der Waals surface area contributed by atoms with E-state index in [1.165, 1.54) is 24.0 Å². The van der Waals surface area contributed by atoms with Gasteiger partial charge in [-0.2, -0.15) is 0 Å². The highest BCUT2D eigenvalue weighted by atomic mass is 79.9. The van der Waals surface area contributed by atoms with Crippen molar-refractivity contribution in [2.24, 2.45) is 5.92 Å². The molecule has 3 nitrogen and oxygen atoms in total. The van der Waals surface area contributed by atoms with Gasteiger partial charge in [-0.25, -0.2) is 0 Å². The molecule has 0 bridgehead atoms. The maximum Gasteiger partial charge on any atom is 0.323 e. The van der Waals surface area contributed by atoms with Gasteiger partial charge >= 0.3 is 5.97 Å². The molecule has 1 aromatic carbocycles. The third-order valence-electron chi connectivity index (χ3n) is 4.31. The molecule has 23 heavy (non-hydrogen) atoms. The summed E-state index contributed by atoms with van der Waals surface area (Å²) < 4.78 is 5.69. The Morgan fingerprint density at radius 3 is 2.39 bits per heavy atom. The van der Waals surface area contributed by atoms with E-state index in [4.69, 9.17) is 4.74 Å². The summed E-state index contributed by atoms with van der Waals surface area (Å²) in [4.78, 5) is 12.5. The molecule has 2 rings (SSSR count). The molecule has 0 heterocycles. The molecule has 0 amide bonds. The summed E-state index contributed by atoms with van der Waals surface area (Å²) in [5.41, 5.74) is 2.45. The normalized spacial score (nSPS) is 16.7. The predicted molar refractivity (Wildman–Crippen MR) is 97.5 cm³/mol. The summed E-state index contributed by atoms with van der Waals surface area (Å²) >= 11 is 3.46. The Labute approximate surface area is 148 Å². The minimum Gasteiger partial charge on any atom is -0.461 e. The van der Waals surface area contributed by atoms with Gasteiger partial charge in [-0.05, 0) is 49.1 Å². The molecule has 0 saturated heterocycles. The zero-order valence-corrected chi connectivity index (χ0v) is 15.8. The smallest absolute Gasteiger partial charge is 0.323 e. The molecule has 0 radical (unpaired) electrons. The van der Waals surface area contributed by atoms with Crippen LogP contribution in [0.2, 0.25) is 0 Å². The standard InChI is InChI=1S/C19H28BrNO2/c1-14(2)11-18(19(22)23-17-5-3-4-6-17)21-13-16-9-7-15(12-20)8-10-16/h7-10,14,17-18,21H,3-6,11-13H2,1-2H3/t18-/m0/s1. The lowest BCUT2D eigenvalue weighted by Gasteiger charge is -2.22.